The fourth-order valence-electron chi connectivity index (χ4n) is 2.71. The van der Waals surface area contributed by atoms with Crippen molar-refractivity contribution in [2.24, 2.45) is 0 Å². The van der Waals surface area contributed by atoms with Crippen LogP contribution < -0.4 is 0 Å². The summed E-state index contributed by atoms with van der Waals surface area (Å²) in [5.41, 5.74) is 2.89. The van der Waals surface area contributed by atoms with Crippen LogP contribution in [0.5, 0.6) is 0 Å². The molecule has 2 aromatic carbocycles. The van der Waals surface area contributed by atoms with Crippen molar-refractivity contribution in [3.63, 3.8) is 0 Å². The molecule has 5 nitrogen and oxygen atoms in total. The van der Waals surface area contributed by atoms with E-state index in [0.717, 1.165) is 21.9 Å². The van der Waals surface area contributed by atoms with Gasteiger partial charge in [0, 0.05) is 11.6 Å². The van der Waals surface area contributed by atoms with Crippen LogP contribution in [0, 0.1) is 0 Å². The van der Waals surface area contributed by atoms with E-state index in [2.05, 4.69) is 9.97 Å². The van der Waals surface area contributed by atoms with E-state index >= 15 is 0 Å². The Labute approximate surface area is 137 Å². The first-order chi connectivity index (χ1) is 11.7. The van der Waals surface area contributed by atoms with Gasteiger partial charge in [0.1, 0.15) is 11.2 Å². The first kappa shape index (κ1) is 14.4. The van der Waals surface area contributed by atoms with Crippen LogP contribution in [0.1, 0.15) is 5.56 Å². The number of rotatable bonds is 3. The zero-order chi connectivity index (χ0) is 16.5. The van der Waals surface area contributed by atoms with Crippen molar-refractivity contribution in [3.8, 4) is 11.6 Å². The van der Waals surface area contributed by atoms with Crippen LogP contribution in [0.4, 0.5) is 0 Å². The second-order valence-electron chi connectivity index (χ2n) is 5.45. The lowest BCUT2D eigenvalue weighted by atomic mass is 10.1. The van der Waals surface area contributed by atoms with E-state index < -0.39 is 0 Å². The smallest absolute Gasteiger partial charge is 0.309 e. The molecule has 0 amide bonds. The summed E-state index contributed by atoms with van der Waals surface area (Å²) in [5.74, 6) is 0.182. The van der Waals surface area contributed by atoms with Crippen LogP contribution in [0.15, 0.2) is 59.1 Å². The first-order valence-electron chi connectivity index (χ1n) is 7.55. The Bertz CT molecular complexity index is 1050. The molecule has 4 aromatic rings. The molecule has 0 radical (unpaired) electrons. The summed E-state index contributed by atoms with van der Waals surface area (Å²) in [6.45, 7) is 0. The molecule has 0 aliphatic rings. The number of nitrogens with zero attached hydrogens (tertiary/aromatic N) is 2. The second-order valence-corrected chi connectivity index (χ2v) is 5.45. The Hall–Kier alpha value is -3.21. The first-order valence-corrected chi connectivity index (χ1v) is 7.55. The summed E-state index contributed by atoms with van der Waals surface area (Å²) in [6.07, 6.45) is 1.95. The fourth-order valence-corrected chi connectivity index (χ4v) is 2.71. The zero-order valence-electron chi connectivity index (χ0n) is 13.0. The number of ether oxygens (including phenoxy) is 1. The molecule has 118 valence electrons. The number of benzene rings is 2. The third-order valence-electron chi connectivity index (χ3n) is 3.91. The van der Waals surface area contributed by atoms with Gasteiger partial charge in [-0.15, -0.1) is 0 Å². The van der Waals surface area contributed by atoms with Crippen molar-refractivity contribution in [1.29, 1.82) is 0 Å². The van der Waals surface area contributed by atoms with Crippen LogP contribution in [-0.2, 0) is 16.0 Å². The quantitative estimate of drug-likeness (QED) is 0.538. The molecule has 2 aromatic heterocycles. The summed E-state index contributed by atoms with van der Waals surface area (Å²) >= 11 is 0. The lowest BCUT2D eigenvalue weighted by molar-refractivity contribution is -0.139. The van der Waals surface area contributed by atoms with Gasteiger partial charge < -0.3 is 9.15 Å². The van der Waals surface area contributed by atoms with Crippen LogP contribution in [0.25, 0.3) is 33.5 Å². The van der Waals surface area contributed by atoms with E-state index in [0.29, 0.717) is 17.2 Å². The standard InChI is InChI=1S/C19H14N2O3/c1-23-17(22)11-12-6-7-15-16(10-12)24-19(21-15)18-14-5-3-2-4-13(14)8-9-20-18/h2-10H,11H2,1H3. The maximum Gasteiger partial charge on any atom is 0.309 e. The molecule has 0 spiro atoms. The molecule has 0 saturated heterocycles. The van der Waals surface area contributed by atoms with Crippen molar-refractivity contribution < 1.29 is 13.9 Å². The predicted molar refractivity (Wildman–Crippen MR) is 90.5 cm³/mol. The topological polar surface area (TPSA) is 65.2 Å². The third kappa shape index (κ3) is 2.50. The Morgan fingerprint density at radius 3 is 2.92 bits per heavy atom. The SMILES string of the molecule is COC(=O)Cc1ccc2nc(-c3nccc4ccccc34)oc2c1. The van der Waals surface area contributed by atoms with Crippen molar-refractivity contribution in [2.75, 3.05) is 7.11 Å². The number of methoxy groups -OCH3 is 1. The van der Waals surface area contributed by atoms with Gasteiger partial charge in [-0.25, -0.2) is 4.98 Å². The summed E-state index contributed by atoms with van der Waals surface area (Å²) in [6, 6.07) is 15.4. The molecule has 0 aliphatic heterocycles. The molecule has 0 atom stereocenters. The second kappa shape index (κ2) is 5.77. The molecule has 0 fully saturated rings. The molecule has 0 bridgehead atoms. The summed E-state index contributed by atoms with van der Waals surface area (Å²) in [4.78, 5) is 20.4. The van der Waals surface area contributed by atoms with E-state index in [9.17, 15) is 4.79 Å². The van der Waals surface area contributed by atoms with Gasteiger partial charge in [-0.2, -0.15) is 0 Å². The van der Waals surface area contributed by atoms with E-state index in [1.165, 1.54) is 7.11 Å². The highest BCUT2D eigenvalue weighted by Gasteiger charge is 2.13. The van der Waals surface area contributed by atoms with Crippen molar-refractivity contribution in [2.45, 2.75) is 6.42 Å². The molecular formula is C19H14N2O3. The molecule has 4 rings (SSSR count). The maximum absolute atomic E-state index is 11.4. The fraction of sp³-hybridized carbons (Fsp3) is 0.105. The van der Waals surface area contributed by atoms with E-state index in [4.69, 9.17) is 9.15 Å². The average Bonchev–Trinajstić information content (AvgIpc) is 3.04. The zero-order valence-corrected chi connectivity index (χ0v) is 13.0. The van der Waals surface area contributed by atoms with Gasteiger partial charge in [-0.3, -0.25) is 9.78 Å². The van der Waals surface area contributed by atoms with Gasteiger partial charge in [-0.1, -0.05) is 30.3 Å². The molecule has 0 saturated carbocycles. The number of oxazole rings is 1. The van der Waals surface area contributed by atoms with Crippen LogP contribution in [-0.4, -0.2) is 23.0 Å². The molecule has 5 heteroatoms. The molecular weight excluding hydrogens is 304 g/mol. The molecule has 2 heterocycles. The highest BCUT2D eigenvalue weighted by Crippen LogP contribution is 2.29. The summed E-state index contributed by atoms with van der Waals surface area (Å²) < 4.78 is 10.6. The Morgan fingerprint density at radius 1 is 1.17 bits per heavy atom. The Balaban J connectivity index is 1.81. The van der Waals surface area contributed by atoms with Gasteiger partial charge >= 0.3 is 5.97 Å². The molecule has 0 N–H and O–H groups in total. The van der Waals surface area contributed by atoms with Crippen LogP contribution in [0.2, 0.25) is 0 Å². The predicted octanol–water partition coefficient (Wildman–Crippen LogP) is 3.76. The van der Waals surface area contributed by atoms with Crippen LogP contribution >= 0.6 is 0 Å². The number of pyridine rings is 1. The molecule has 24 heavy (non-hydrogen) atoms. The van der Waals surface area contributed by atoms with Crippen LogP contribution in [0.3, 0.4) is 0 Å². The van der Waals surface area contributed by atoms with Gasteiger partial charge in [-0.05, 0) is 29.1 Å². The van der Waals surface area contributed by atoms with E-state index in [-0.39, 0.29) is 12.4 Å². The largest absolute Gasteiger partial charge is 0.469 e. The lowest BCUT2D eigenvalue weighted by Crippen LogP contribution is -2.03. The number of carbonyl (C=O) groups is 1. The minimum atomic E-state index is -0.287. The highest BCUT2D eigenvalue weighted by atomic mass is 16.5. The van der Waals surface area contributed by atoms with Gasteiger partial charge in [0.05, 0.1) is 13.5 Å². The number of fused-ring (bicyclic) bond motifs is 2. The summed E-state index contributed by atoms with van der Waals surface area (Å²) in [5, 5.41) is 2.07. The minimum Gasteiger partial charge on any atom is -0.469 e. The monoisotopic (exact) mass is 318 g/mol. The lowest BCUT2D eigenvalue weighted by Gasteiger charge is -2.01. The number of esters is 1. The molecule has 0 unspecified atom stereocenters. The van der Waals surface area contributed by atoms with Gasteiger partial charge in [0.2, 0.25) is 5.89 Å². The number of hydrogen-bond donors (Lipinski definition) is 0. The number of carbonyl (C=O) groups excluding carboxylic acids is 1. The highest BCUT2D eigenvalue weighted by molar-refractivity contribution is 5.93. The third-order valence-corrected chi connectivity index (χ3v) is 3.91. The normalized spacial score (nSPS) is 11.0. The van der Waals surface area contributed by atoms with Gasteiger partial charge in [0.15, 0.2) is 5.58 Å². The molecule has 0 aliphatic carbocycles. The van der Waals surface area contributed by atoms with E-state index in [1.54, 1.807) is 6.20 Å². The Kier molecular flexibility index (Phi) is 3.46. The van der Waals surface area contributed by atoms with Crippen molar-refractivity contribution >= 4 is 27.8 Å². The van der Waals surface area contributed by atoms with Crippen molar-refractivity contribution in [3.05, 3.63) is 60.3 Å². The number of aromatic nitrogens is 2. The van der Waals surface area contributed by atoms with Gasteiger partial charge in [0.25, 0.3) is 0 Å². The number of hydrogen-bond acceptors (Lipinski definition) is 5. The van der Waals surface area contributed by atoms with E-state index in [1.807, 2.05) is 48.5 Å². The Morgan fingerprint density at radius 2 is 2.04 bits per heavy atom. The van der Waals surface area contributed by atoms with Crippen molar-refractivity contribution in [1.82, 2.24) is 9.97 Å². The average molecular weight is 318 g/mol. The summed E-state index contributed by atoms with van der Waals surface area (Å²) in [7, 11) is 1.37. The maximum atomic E-state index is 11.4. The minimum absolute atomic E-state index is 0.203.